The summed E-state index contributed by atoms with van der Waals surface area (Å²) in [5.41, 5.74) is 1.41. The Bertz CT molecular complexity index is 498. The molecule has 0 saturated carbocycles. The van der Waals surface area contributed by atoms with E-state index in [4.69, 9.17) is 5.11 Å². The van der Waals surface area contributed by atoms with Crippen LogP contribution in [0.15, 0.2) is 34.9 Å². The maximum absolute atomic E-state index is 13.0. The fourth-order valence-corrected chi connectivity index (χ4v) is 1.89. The lowest BCUT2D eigenvalue weighted by molar-refractivity contribution is 0.298. The van der Waals surface area contributed by atoms with Gasteiger partial charge in [-0.1, -0.05) is 6.07 Å². The molecule has 3 nitrogen and oxygen atoms in total. The van der Waals surface area contributed by atoms with Crippen LogP contribution >= 0.6 is 15.9 Å². The number of aliphatic hydroxyl groups is 1. The maximum Gasteiger partial charge on any atom is 0.125 e. The zero-order valence-electron chi connectivity index (χ0n) is 8.40. The molecule has 0 unspecified atom stereocenters. The number of hydrogen-bond donors (Lipinski definition) is 1. The summed E-state index contributed by atoms with van der Waals surface area (Å²) in [5, 5.41) is 13.1. The molecule has 1 aromatic heterocycles. The maximum atomic E-state index is 13.0. The molecule has 0 saturated heterocycles. The van der Waals surface area contributed by atoms with Crippen LogP contribution in [0.4, 0.5) is 4.39 Å². The first-order valence-corrected chi connectivity index (χ1v) is 5.61. The highest BCUT2D eigenvalue weighted by atomic mass is 79.9. The predicted molar refractivity (Wildman–Crippen MR) is 62.0 cm³/mol. The van der Waals surface area contributed by atoms with Crippen LogP contribution in [-0.2, 0) is 6.42 Å². The number of nitrogens with zero attached hydrogens (tertiary/aromatic N) is 2. The van der Waals surface area contributed by atoms with Crippen molar-refractivity contribution in [2.24, 2.45) is 0 Å². The summed E-state index contributed by atoms with van der Waals surface area (Å²) >= 11 is 3.35. The Morgan fingerprint density at radius 3 is 2.94 bits per heavy atom. The normalized spacial score (nSPS) is 10.7. The number of aliphatic hydroxyl groups excluding tert-OH is 1. The molecule has 16 heavy (non-hydrogen) atoms. The van der Waals surface area contributed by atoms with Crippen molar-refractivity contribution in [3.05, 3.63) is 46.4 Å². The van der Waals surface area contributed by atoms with Gasteiger partial charge in [-0.3, -0.25) is 0 Å². The van der Waals surface area contributed by atoms with Crippen molar-refractivity contribution in [3.63, 3.8) is 0 Å². The van der Waals surface area contributed by atoms with Crippen molar-refractivity contribution in [2.45, 2.75) is 6.42 Å². The van der Waals surface area contributed by atoms with Crippen LogP contribution in [0, 0.1) is 5.82 Å². The lowest BCUT2D eigenvalue weighted by Crippen LogP contribution is -1.98. The van der Waals surface area contributed by atoms with Gasteiger partial charge < -0.3 is 5.11 Å². The van der Waals surface area contributed by atoms with E-state index in [9.17, 15) is 4.39 Å². The summed E-state index contributed by atoms with van der Waals surface area (Å²) in [6.07, 6.45) is 2.22. The fourth-order valence-electron chi connectivity index (χ4n) is 1.41. The van der Waals surface area contributed by atoms with Gasteiger partial charge in [0.15, 0.2) is 0 Å². The minimum absolute atomic E-state index is 0.0404. The third kappa shape index (κ3) is 2.31. The molecular formula is C11H10BrFN2O. The van der Waals surface area contributed by atoms with Gasteiger partial charge in [0.2, 0.25) is 0 Å². The van der Waals surface area contributed by atoms with Gasteiger partial charge in [0.25, 0.3) is 0 Å². The Labute approximate surface area is 101 Å². The Morgan fingerprint density at radius 2 is 2.25 bits per heavy atom. The molecule has 0 fully saturated rings. The van der Waals surface area contributed by atoms with Crippen LogP contribution in [0.3, 0.4) is 0 Å². The third-order valence-electron chi connectivity index (χ3n) is 2.16. The van der Waals surface area contributed by atoms with Crippen molar-refractivity contribution in [1.82, 2.24) is 9.78 Å². The van der Waals surface area contributed by atoms with E-state index in [0.717, 1.165) is 10.2 Å². The predicted octanol–water partition coefficient (Wildman–Crippen LogP) is 2.31. The monoisotopic (exact) mass is 284 g/mol. The van der Waals surface area contributed by atoms with Gasteiger partial charge in [0, 0.05) is 19.2 Å². The molecule has 84 valence electrons. The first-order chi connectivity index (χ1) is 7.70. The van der Waals surface area contributed by atoms with E-state index in [1.165, 1.54) is 12.1 Å². The lowest BCUT2D eigenvalue weighted by atomic mass is 10.3. The van der Waals surface area contributed by atoms with Gasteiger partial charge in [-0.25, -0.2) is 9.07 Å². The second-order valence-electron chi connectivity index (χ2n) is 3.32. The molecule has 2 aromatic rings. The van der Waals surface area contributed by atoms with Crippen LogP contribution < -0.4 is 0 Å². The average Bonchev–Trinajstić information content (AvgIpc) is 2.61. The summed E-state index contributed by atoms with van der Waals surface area (Å²) < 4.78 is 15.4. The molecule has 0 aliphatic carbocycles. The van der Waals surface area contributed by atoms with E-state index in [1.54, 1.807) is 23.0 Å². The van der Waals surface area contributed by atoms with Gasteiger partial charge in [0.1, 0.15) is 5.82 Å². The van der Waals surface area contributed by atoms with Gasteiger partial charge in [-0.15, -0.1) is 0 Å². The molecule has 0 atom stereocenters. The van der Waals surface area contributed by atoms with Gasteiger partial charge in [-0.2, -0.15) is 5.10 Å². The molecule has 0 aliphatic heterocycles. The largest absolute Gasteiger partial charge is 0.396 e. The summed E-state index contributed by atoms with van der Waals surface area (Å²) in [5.74, 6) is -0.298. The average molecular weight is 285 g/mol. The Morgan fingerprint density at radius 1 is 1.44 bits per heavy atom. The van der Waals surface area contributed by atoms with Crippen LogP contribution in [-0.4, -0.2) is 21.5 Å². The number of hydrogen-bond acceptors (Lipinski definition) is 2. The van der Waals surface area contributed by atoms with E-state index < -0.39 is 0 Å². The molecule has 1 aromatic carbocycles. The highest BCUT2D eigenvalue weighted by Crippen LogP contribution is 2.18. The standard InChI is InChI=1S/C11H10BrFN2O/c12-10-7-15(14-11(10)4-5-16)9-3-1-2-8(13)6-9/h1-3,6-7,16H,4-5H2. The highest BCUT2D eigenvalue weighted by molar-refractivity contribution is 9.10. The van der Waals surface area contributed by atoms with Crippen LogP contribution in [0.5, 0.6) is 0 Å². The molecule has 5 heteroatoms. The molecule has 0 radical (unpaired) electrons. The number of halogens is 2. The van der Waals surface area contributed by atoms with Crippen molar-refractivity contribution in [1.29, 1.82) is 0 Å². The van der Waals surface area contributed by atoms with E-state index >= 15 is 0 Å². The summed E-state index contributed by atoms with van der Waals surface area (Å²) in [6.45, 7) is 0.0404. The fraction of sp³-hybridized carbons (Fsp3) is 0.182. The lowest BCUT2D eigenvalue weighted by Gasteiger charge is -2.00. The first kappa shape index (κ1) is 11.3. The molecule has 0 aliphatic rings. The zero-order chi connectivity index (χ0) is 11.5. The number of rotatable bonds is 3. The third-order valence-corrected chi connectivity index (χ3v) is 2.82. The molecule has 1 heterocycles. The SMILES string of the molecule is OCCc1nn(-c2cccc(F)c2)cc1Br. The van der Waals surface area contributed by atoms with Gasteiger partial charge >= 0.3 is 0 Å². The first-order valence-electron chi connectivity index (χ1n) is 4.81. The van der Waals surface area contributed by atoms with Crippen LogP contribution in [0.2, 0.25) is 0 Å². The van der Waals surface area contributed by atoms with Crippen molar-refractivity contribution < 1.29 is 9.50 Å². The van der Waals surface area contributed by atoms with Gasteiger partial charge in [0.05, 0.1) is 15.9 Å². The van der Waals surface area contributed by atoms with E-state index in [2.05, 4.69) is 21.0 Å². The molecule has 1 N–H and O–H groups in total. The zero-order valence-corrected chi connectivity index (χ0v) is 9.98. The Balaban J connectivity index is 2.37. The highest BCUT2D eigenvalue weighted by Gasteiger charge is 2.07. The molecule has 2 rings (SSSR count). The number of benzene rings is 1. The molecule has 0 amide bonds. The Kier molecular flexibility index (Phi) is 3.36. The number of aromatic nitrogens is 2. The molecule has 0 bridgehead atoms. The smallest absolute Gasteiger partial charge is 0.125 e. The van der Waals surface area contributed by atoms with Crippen molar-refractivity contribution in [3.8, 4) is 5.69 Å². The molecular weight excluding hydrogens is 275 g/mol. The minimum Gasteiger partial charge on any atom is -0.396 e. The van der Waals surface area contributed by atoms with Gasteiger partial charge in [-0.05, 0) is 34.1 Å². The second kappa shape index (κ2) is 4.76. The van der Waals surface area contributed by atoms with E-state index in [-0.39, 0.29) is 12.4 Å². The molecule has 0 spiro atoms. The minimum atomic E-state index is -0.298. The van der Waals surface area contributed by atoms with Crippen LogP contribution in [0.25, 0.3) is 5.69 Å². The summed E-state index contributed by atoms with van der Waals surface area (Å²) in [6, 6.07) is 6.19. The topological polar surface area (TPSA) is 38.1 Å². The van der Waals surface area contributed by atoms with Crippen LogP contribution in [0.1, 0.15) is 5.69 Å². The quantitative estimate of drug-likeness (QED) is 0.939. The summed E-state index contributed by atoms with van der Waals surface area (Å²) in [4.78, 5) is 0. The van der Waals surface area contributed by atoms with E-state index in [0.29, 0.717) is 12.1 Å². The second-order valence-corrected chi connectivity index (χ2v) is 4.18. The summed E-state index contributed by atoms with van der Waals surface area (Å²) in [7, 11) is 0. The Hall–Kier alpha value is -1.20. The van der Waals surface area contributed by atoms with Crippen molar-refractivity contribution >= 4 is 15.9 Å². The van der Waals surface area contributed by atoms with E-state index in [1.807, 2.05) is 0 Å². The van der Waals surface area contributed by atoms with Crippen molar-refractivity contribution in [2.75, 3.05) is 6.61 Å².